The van der Waals surface area contributed by atoms with Crippen LogP contribution in [0.2, 0.25) is 0 Å². The Balaban J connectivity index is 1.97. The van der Waals surface area contributed by atoms with E-state index in [-0.39, 0.29) is 0 Å². The molecule has 112 valence electrons. The highest BCUT2D eigenvalue weighted by Gasteiger charge is 2.22. The predicted molar refractivity (Wildman–Crippen MR) is 96.7 cm³/mol. The summed E-state index contributed by atoms with van der Waals surface area (Å²) in [6.07, 6.45) is 0. The summed E-state index contributed by atoms with van der Waals surface area (Å²) in [7, 11) is 0. The fraction of sp³-hybridized carbons (Fsp3) is 0. The Morgan fingerprint density at radius 1 is 0.833 bits per heavy atom. The Labute approximate surface area is 136 Å². The first-order valence-electron chi connectivity index (χ1n) is 7.97. The topological polar surface area (TPSA) is 47.2 Å². The maximum Gasteiger partial charge on any atom is 0.332 e. The van der Waals surface area contributed by atoms with Crippen LogP contribution in [0.15, 0.2) is 66.7 Å². The van der Waals surface area contributed by atoms with Crippen LogP contribution in [0.25, 0.3) is 49.1 Å². The number of nitrogens with two attached hydrogens (primary N) is 1. The normalized spacial score (nSPS) is 12.3. The molecule has 2 N–H and O–H groups in total. The van der Waals surface area contributed by atoms with Gasteiger partial charge in [-0.2, -0.15) is 0 Å². The lowest BCUT2D eigenvalue weighted by molar-refractivity contribution is -0.584. The van der Waals surface area contributed by atoms with Crippen molar-refractivity contribution in [1.82, 2.24) is 9.61 Å². The number of fused-ring (bicyclic) bond motifs is 6. The summed E-state index contributed by atoms with van der Waals surface area (Å²) in [6, 6.07) is 23.0. The summed E-state index contributed by atoms with van der Waals surface area (Å²) in [6.45, 7) is 0. The number of rotatable bonds is 0. The summed E-state index contributed by atoms with van der Waals surface area (Å²) < 4.78 is 3.66. The molecule has 2 heterocycles. The maximum atomic E-state index is 6.33. The van der Waals surface area contributed by atoms with E-state index in [0.29, 0.717) is 0 Å². The fourth-order valence-electron chi connectivity index (χ4n) is 3.95. The highest BCUT2D eigenvalue weighted by atomic mass is 15.4. The molecule has 0 aliphatic rings. The summed E-state index contributed by atoms with van der Waals surface area (Å²) >= 11 is 0. The minimum Gasteiger partial charge on any atom is -0.268 e. The molecule has 0 unspecified atom stereocenters. The Morgan fingerprint density at radius 2 is 1.62 bits per heavy atom. The molecule has 0 aliphatic carbocycles. The molecule has 0 fully saturated rings. The molecule has 6 aromatic rings. The molecule has 24 heavy (non-hydrogen) atoms. The van der Waals surface area contributed by atoms with Gasteiger partial charge in [-0.05, 0) is 28.3 Å². The molecule has 0 atom stereocenters. The third kappa shape index (κ3) is 1.26. The van der Waals surface area contributed by atoms with Crippen LogP contribution >= 0.6 is 0 Å². The second-order valence-corrected chi connectivity index (χ2v) is 6.24. The largest absolute Gasteiger partial charge is 0.332 e. The number of imidazole rings is 1. The fourth-order valence-corrected chi connectivity index (χ4v) is 3.95. The second kappa shape index (κ2) is 3.92. The third-order valence-electron chi connectivity index (χ3n) is 5.01. The molecule has 0 radical (unpaired) electrons. The zero-order valence-electron chi connectivity index (χ0n) is 12.8. The maximum absolute atomic E-state index is 6.33. The van der Waals surface area contributed by atoms with E-state index >= 15 is 0 Å². The van der Waals surface area contributed by atoms with Gasteiger partial charge in [0.05, 0.1) is 0 Å². The number of hydrogen-bond acceptors (Lipinski definition) is 2. The van der Waals surface area contributed by atoms with Crippen LogP contribution in [0.5, 0.6) is 0 Å². The molecular weight excluding hydrogens is 296 g/mol. The predicted octanol–water partition coefficient (Wildman–Crippen LogP) is 3.39. The minimum absolute atomic E-state index is 0.889. The van der Waals surface area contributed by atoms with E-state index in [0.717, 1.165) is 27.6 Å². The molecule has 4 aromatic carbocycles. The second-order valence-electron chi connectivity index (χ2n) is 6.24. The van der Waals surface area contributed by atoms with Gasteiger partial charge >= 0.3 is 5.65 Å². The van der Waals surface area contributed by atoms with Gasteiger partial charge in [0.2, 0.25) is 11.0 Å². The van der Waals surface area contributed by atoms with E-state index in [1.807, 2.05) is 28.8 Å². The first kappa shape index (κ1) is 12.1. The first-order chi connectivity index (χ1) is 11.8. The van der Waals surface area contributed by atoms with Crippen molar-refractivity contribution in [3.63, 3.8) is 0 Å². The molecule has 4 heteroatoms. The molecule has 0 amide bonds. The Bertz CT molecular complexity index is 1410. The van der Waals surface area contributed by atoms with E-state index in [2.05, 4.69) is 42.5 Å². The molecule has 0 saturated heterocycles. The zero-order chi connectivity index (χ0) is 15.8. The van der Waals surface area contributed by atoms with Crippen molar-refractivity contribution in [2.75, 3.05) is 5.84 Å². The van der Waals surface area contributed by atoms with Gasteiger partial charge in [-0.15, -0.1) is 4.68 Å². The summed E-state index contributed by atoms with van der Waals surface area (Å²) in [4.78, 5) is 0. The van der Waals surface area contributed by atoms with Gasteiger partial charge in [0, 0.05) is 16.8 Å². The molecular formula is C20H13N4+. The number of nitrogens with zero attached hydrogens (tertiary/aromatic N) is 3. The summed E-state index contributed by atoms with van der Waals surface area (Å²) in [5, 5.41) is 11.1. The van der Waals surface area contributed by atoms with Crippen molar-refractivity contribution < 1.29 is 4.68 Å². The van der Waals surface area contributed by atoms with Gasteiger partial charge in [-0.1, -0.05) is 58.1 Å². The quantitative estimate of drug-likeness (QED) is 0.345. The standard InChI is InChI=1S/C20H13N4/c21-23-16-9-1-2-10-17(16)24-18(23)11-15-13-7-3-5-12-6-4-8-14(19(12)13)20(15)22-24/h1-11H,21H2/q+1. The van der Waals surface area contributed by atoms with Crippen molar-refractivity contribution in [2.45, 2.75) is 0 Å². The number of para-hydroxylation sites is 2. The SMILES string of the molecule is N[n+]1c2ccccc2n2nc3c(cc21)c1cccc2cccc3c21. The molecule has 0 aliphatic heterocycles. The Morgan fingerprint density at radius 3 is 2.50 bits per heavy atom. The zero-order valence-corrected chi connectivity index (χ0v) is 12.8. The molecule has 0 spiro atoms. The van der Waals surface area contributed by atoms with Crippen LogP contribution in [0.4, 0.5) is 0 Å². The van der Waals surface area contributed by atoms with Crippen LogP contribution in [-0.4, -0.2) is 9.61 Å². The van der Waals surface area contributed by atoms with Crippen molar-refractivity contribution in [3.8, 4) is 0 Å². The number of nitrogen functional groups attached to an aromatic ring is 1. The number of hydrogen-bond donors (Lipinski definition) is 1. The average molecular weight is 309 g/mol. The van der Waals surface area contributed by atoms with E-state index in [1.165, 1.54) is 21.5 Å². The van der Waals surface area contributed by atoms with Crippen LogP contribution in [0, 0.1) is 0 Å². The van der Waals surface area contributed by atoms with E-state index in [9.17, 15) is 0 Å². The lowest BCUT2D eigenvalue weighted by atomic mass is 10.1. The highest BCUT2D eigenvalue weighted by molar-refractivity contribution is 6.29. The van der Waals surface area contributed by atoms with E-state index in [4.69, 9.17) is 10.9 Å². The summed E-state index contributed by atoms with van der Waals surface area (Å²) in [5.74, 6) is 6.33. The van der Waals surface area contributed by atoms with E-state index < -0.39 is 0 Å². The number of aromatic nitrogens is 3. The van der Waals surface area contributed by atoms with Gasteiger partial charge in [0.25, 0.3) is 0 Å². The monoisotopic (exact) mass is 309 g/mol. The van der Waals surface area contributed by atoms with Gasteiger partial charge in [-0.25, -0.2) is 0 Å². The van der Waals surface area contributed by atoms with Crippen molar-refractivity contribution in [3.05, 3.63) is 66.7 Å². The van der Waals surface area contributed by atoms with Crippen LogP contribution < -0.4 is 10.5 Å². The lowest BCUT2D eigenvalue weighted by Gasteiger charge is -1.96. The van der Waals surface area contributed by atoms with Crippen LogP contribution in [0.1, 0.15) is 0 Å². The average Bonchev–Trinajstić information content (AvgIpc) is 3.10. The van der Waals surface area contributed by atoms with Gasteiger partial charge in [0.15, 0.2) is 0 Å². The first-order valence-corrected chi connectivity index (χ1v) is 7.97. The molecule has 0 saturated carbocycles. The van der Waals surface area contributed by atoms with E-state index in [1.54, 1.807) is 4.68 Å². The summed E-state index contributed by atoms with van der Waals surface area (Å²) in [5.41, 5.74) is 3.90. The molecule has 2 aromatic heterocycles. The third-order valence-corrected chi connectivity index (χ3v) is 5.01. The molecule has 4 nitrogen and oxygen atoms in total. The Kier molecular flexibility index (Phi) is 1.97. The van der Waals surface area contributed by atoms with Crippen molar-refractivity contribution in [1.29, 1.82) is 0 Å². The minimum atomic E-state index is 0.889. The molecule has 6 rings (SSSR count). The van der Waals surface area contributed by atoms with Crippen molar-refractivity contribution >= 4 is 49.1 Å². The van der Waals surface area contributed by atoms with Gasteiger partial charge in [0.1, 0.15) is 5.52 Å². The van der Waals surface area contributed by atoms with Crippen LogP contribution in [0.3, 0.4) is 0 Å². The molecule has 0 bridgehead atoms. The van der Waals surface area contributed by atoms with Crippen molar-refractivity contribution in [2.24, 2.45) is 0 Å². The lowest BCUT2D eigenvalue weighted by Crippen LogP contribution is -2.44. The highest BCUT2D eigenvalue weighted by Crippen LogP contribution is 2.37. The van der Waals surface area contributed by atoms with Gasteiger partial charge < -0.3 is 0 Å². The van der Waals surface area contributed by atoms with Gasteiger partial charge in [-0.3, -0.25) is 5.84 Å². The Hall–Kier alpha value is -3.40. The smallest absolute Gasteiger partial charge is 0.268 e. The number of benzene rings is 3. The van der Waals surface area contributed by atoms with Crippen LogP contribution in [-0.2, 0) is 0 Å².